The highest BCUT2D eigenvalue weighted by atomic mass is 16.2. The van der Waals surface area contributed by atoms with Crippen molar-refractivity contribution in [1.29, 1.82) is 0 Å². The minimum Gasteiger partial charge on any atom is -0.298 e. The number of carbonyl (C=O) groups is 3. The molecule has 0 spiro atoms. The zero-order valence-corrected chi connectivity index (χ0v) is 10.5. The normalized spacial score (nSPS) is 14.0. The Morgan fingerprint density at radius 3 is 2.67 bits per heavy atom. The SMILES string of the molecule is CCCC(=O)CN1C(=O)C(=O)c2cc(C)ccc21. The highest BCUT2D eigenvalue weighted by molar-refractivity contribution is 6.52. The van der Waals surface area contributed by atoms with Gasteiger partial charge in [-0.05, 0) is 25.5 Å². The van der Waals surface area contributed by atoms with Gasteiger partial charge in [0.15, 0.2) is 5.78 Å². The summed E-state index contributed by atoms with van der Waals surface area (Å²) in [6.45, 7) is 3.77. The van der Waals surface area contributed by atoms with Crippen LogP contribution in [0.25, 0.3) is 0 Å². The van der Waals surface area contributed by atoms with Crippen LogP contribution in [0.2, 0.25) is 0 Å². The molecule has 1 aromatic carbocycles. The highest BCUT2D eigenvalue weighted by Crippen LogP contribution is 2.29. The van der Waals surface area contributed by atoms with Gasteiger partial charge in [-0.15, -0.1) is 0 Å². The minimum atomic E-state index is -0.597. The van der Waals surface area contributed by atoms with Crippen molar-refractivity contribution in [2.45, 2.75) is 26.7 Å². The van der Waals surface area contributed by atoms with Crippen molar-refractivity contribution in [2.75, 3.05) is 11.4 Å². The van der Waals surface area contributed by atoms with Crippen molar-refractivity contribution >= 4 is 23.2 Å². The van der Waals surface area contributed by atoms with Gasteiger partial charge in [0.1, 0.15) is 0 Å². The summed E-state index contributed by atoms with van der Waals surface area (Å²) in [7, 11) is 0. The molecule has 1 aliphatic rings. The van der Waals surface area contributed by atoms with Crippen LogP contribution in [0.1, 0.15) is 35.7 Å². The molecule has 1 aliphatic heterocycles. The van der Waals surface area contributed by atoms with Gasteiger partial charge in [-0.3, -0.25) is 19.3 Å². The topological polar surface area (TPSA) is 54.5 Å². The third-order valence-corrected chi connectivity index (χ3v) is 2.99. The van der Waals surface area contributed by atoms with Crippen LogP contribution in [-0.4, -0.2) is 24.0 Å². The lowest BCUT2D eigenvalue weighted by atomic mass is 10.1. The number of anilines is 1. The van der Waals surface area contributed by atoms with Gasteiger partial charge in [0.05, 0.1) is 17.8 Å². The molecule has 0 aromatic heterocycles. The van der Waals surface area contributed by atoms with E-state index < -0.39 is 11.7 Å². The summed E-state index contributed by atoms with van der Waals surface area (Å²) in [6.07, 6.45) is 1.18. The fraction of sp³-hybridized carbons (Fsp3) is 0.357. The number of fused-ring (bicyclic) bond motifs is 1. The molecular weight excluding hydrogens is 230 g/mol. The summed E-state index contributed by atoms with van der Waals surface area (Å²) in [6, 6.07) is 5.26. The molecule has 4 heteroatoms. The third-order valence-electron chi connectivity index (χ3n) is 2.99. The van der Waals surface area contributed by atoms with E-state index in [4.69, 9.17) is 0 Å². The predicted octanol–water partition coefficient (Wildman–Crippen LogP) is 1.89. The summed E-state index contributed by atoms with van der Waals surface area (Å²) in [5.74, 6) is -1.13. The Morgan fingerprint density at radius 1 is 1.28 bits per heavy atom. The third kappa shape index (κ3) is 2.06. The molecular formula is C14H15NO3. The standard InChI is InChI=1S/C14H15NO3/c1-3-4-10(16)8-15-12-6-5-9(2)7-11(12)13(17)14(15)18/h5-7H,3-4,8H2,1-2H3. The summed E-state index contributed by atoms with van der Waals surface area (Å²) >= 11 is 0. The van der Waals surface area contributed by atoms with Crippen molar-refractivity contribution in [3.8, 4) is 0 Å². The van der Waals surface area contributed by atoms with Crippen LogP contribution >= 0.6 is 0 Å². The largest absolute Gasteiger partial charge is 0.299 e. The molecule has 0 fully saturated rings. The zero-order valence-electron chi connectivity index (χ0n) is 10.5. The fourth-order valence-corrected chi connectivity index (χ4v) is 2.11. The molecule has 0 saturated carbocycles. The average Bonchev–Trinajstić information content (AvgIpc) is 2.55. The quantitative estimate of drug-likeness (QED) is 0.761. The van der Waals surface area contributed by atoms with Gasteiger partial charge in [0.2, 0.25) is 0 Å². The number of ketones is 2. The number of carbonyl (C=O) groups excluding carboxylic acids is 3. The van der Waals surface area contributed by atoms with E-state index in [1.54, 1.807) is 12.1 Å². The van der Waals surface area contributed by atoms with E-state index >= 15 is 0 Å². The molecule has 0 aliphatic carbocycles. The van der Waals surface area contributed by atoms with Crippen LogP contribution in [0.4, 0.5) is 5.69 Å². The van der Waals surface area contributed by atoms with Crippen molar-refractivity contribution < 1.29 is 14.4 Å². The number of benzene rings is 1. The number of hydrogen-bond acceptors (Lipinski definition) is 3. The van der Waals surface area contributed by atoms with E-state index in [0.717, 1.165) is 12.0 Å². The summed E-state index contributed by atoms with van der Waals surface area (Å²) in [5.41, 5.74) is 1.89. The molecule has 1 heterocycles. The highest BCUT2D eigenvalue weighted by Gasteiger charge is 2.36. The van der Waals surface area contributed by atoms with E-state index in [-0.39, 0.29) is 12.3 Å². The minimum absolute atomic E-state index is 0.00548. The number of aryl methyl sites for hydroxylation is 1. The van der Waals surface area contributed by atoms with Crippen molar-refractivity contribution in [2.24, 2.45) is 0 Å². The number of rotatable bonds is 4. The van der Waals surface area contributed by atoms with Gasteiger partial charge in [-0.1, -0.05) is 18.6 Å². The Kier molecular flexibility index (Phi) is 3.28. The van der Waals surface area contributed by atoms with E-state index in [0.29, 0.717) is 17.7 Å². The maximum absolute atomic E-state index is 11.8. The number of hydrogen-bond donors (Lipinski definition) is 0. The van der Waals surface area contributed by atoms with Gasteiger partial charge in [-0.2, -0.15) is 0 Å². The molecule has 1 aromatic rings. The molecule has 4 nitrogen and oxygen atoms in total. The van der Waals surface area contributed by atoms with Crippen LogP contribution < -0.4 is 4.90 Å². The second-order valence-electron chi connectivity index (χ2n) is 4.53. The van der Waals surface area contributed by atoms with Crippen LogP contribution in [-0.2, 0) is 9.59 Å². The van der Waals surface area contributed by atoms with E-state index in [1.807, 2.05) is 19.9 Å². The average molecular weight is 245 g/mol. The summed E-state index contributed by atoms with van der Waals surface area (Å²) in [4.78, 5) is 36.5. The Hall–Kier alpha value is -1.97. The summed E-state index contributed by atoms with van der Waals surface area (Å²) < 4.78 is 0. The molecule has 2 rings (SSSR count). The zero-order chi connectivity index (χ0) is 13.3. The number of amides is 1. The lowest BCUT2D eigenvalue weighted by Gasteiger charge is -2.15. The molecule has 0 atom stereocenters. The Bertz CT molecular complexity index is 534. The monoisotopic (exact) mass is 245 g/mol. The van der Waals surface area contributed by atoms with Crippen LogP contribution in [0.3, 0.4) is 0 Å². The second-order valence-corrected chi connectivity index (χ2v) is 4.53. The second kappa shape index (κ2) is 4.72. The van der Waals surface area contributed by atoms with Crippen LogP contribution in [0.5, 0.6) is 0 Å². The number of nitrogens with zero attached hydrogens (tertiary/aromatic N) is 1. The molecule has 0 N–H and O–H groups in total. The Labute approximate surface area is 106 Å². The summed E-state index contributed by atoms with van der Waals surface area (Å²) in [5, 5.41) is 0. The van der Waals surface area contributed by atoms with Gasteiger partial charge < -0.3 is 0 Å². The van der Waals surface area contributed by atoms with Crippen molar-refractivity contribution in [3.05, 3.63) is 29.3 Å². The number of Topliss-reactive ketones (excluding diaryl/α,β-unsaturated/α-hetero) is 2. The smallest absolute Gasteiger partial charge is 0.298 e. The maximum atomic E-state index is 11.8. The first-order chi connectivity index (χ1) is 8.54. The molecule has 1 amide bonds. The first-order valence-corrected chi connectivity index (χ1v) is 6.03. The molecule has 0 radical (unpaired) electrons. The Balaban J connectivity index is 2.31. The van der Waals surface area contributed by atoms with Crippen LogP contribution in [0, 0.1) is 6.92 Å². The van der Waals surface area contributed by atoms with Crippen molar-refractivity contribution in [3.63, 3.8) is 0 Å². The lowest BCUT2D eigenvalue weighted by molar-refractivity contribution is -0.120. The van der Waals surface area contributed by atoms with E-state index in [1.165, 1.54) is 4.90 Å². The van der Waals surface area contributed by atoms with Gasteiger partial charge in [-0.25, -0.2) is 0 Å². The van der Waals surface area contributed by atoms with Crippen molar-refractivity contribution in [1.82, 2.24) is 0 Å². The van der Waals surface area contributed by atoms with E-state index in [2.05, 4.69) is 0 Å². The first-order valence-electron chi connectivity index (χ1n) is 6.03. The molecule has 0 saturated heterocycles. The maximum Gasteiger partial charge on any atom is 0.299 e. The van der Waals surface area contributed by atoms with Gasteiger partial charge in [0, 0.05) is 6.42 Å². The van der Waals surface area contributed by atoms with Gasteiger partial charge >= 0.3 is 0 Å². The Morgan fingerprint density at radius 2 is 2.00 bits per heavy atom. The first kappa shape index (κ1) is 12.5. The molecule has 94 valence electrons. The fourth-order valence-electron chi connectivity index (χ4n) is 2.11. The molecule has 0 bridgehead atoms. The molecule has 18 heavy (non-hydrogen) atoms. The van der Waals surface area contributed by atoms with Gasteiger partial charge in [0.25, 0.3) is 11.7 Å². The van der Waals surface area contributed by atoms with E-state index in [9.17, 15) is 14.4 Å². The molecule has 0 unspecified atom stereocenters. The lowest BCUT2D eigenvalue weighted by Crippen LogP contribution is -2.34. The predicted molar refractivity (Wildman–Crippen MR) is 67.8 cm³/mol. The van der Waals surface area contributed by atoms with Crippen LogP contribution in [0.15, 0.2) is 18.2 Å².